The fraction of sp³-hybridized carbons (Fsp3) is 0.704. The molecule has 3 aliphatic rings. The molecule has 1 aromatic carbocycles. The number of nitrogens with zero attached hydrogens (tertiary/aromatic N) is 2. The number of fused-ring (bicyclic) bond motifs is 1. The van der Waals surface area contributed by atoms with Crippen LogP contribution in [0.15, 0.2) is 22.7 Å². The third-order valence-electron chi connectivity index (χ3n) is 8.18. The van der Waals surface area contributed by atoms with E-state index in [0.717, 1.165) is 43.7 Å². The molecule has 192 valence electrons. The molecule has 0 radical (unpaired) electrons. The number of benzene rings is 1. The van der Waals surface area contributed by atoms with Gasteiger partial charge in [-0.25, -0.2) is 0 Å². The van der Waals surface area contributed by atoms with Crippen LogP contribution in [0.2, 0.25) is 0 Å². The Morgan fingerprint density at radius 1 is 1.14 bits per heavy atom. The normalized spacial score (nSPS) is 26.8. The van der Waals surface area contributed by atoms with Crippen LogP contribution in [-0.2, 0) is 9.53 Å². The summed E-state index contributed by atoms with van der Waals surface area (Å²) >= 11 is 0. The highest BCUT2D eigenvalue weighted by molar-refractivity contribution is 5.88. The average molecular weight is 487 g/mol. The molecule has 1 aromatic heterocycles. The van der Waals surface area contributed by atoms with Crippen LogP contribution in [0.3, 0.4) is 0 Å². The Bertz CT molecular complexity index is 995. The topological polar surface area (TPSA) is 94.3 Å². The first-order valence-corrected chi connectivity index (χ1v) is 13.2. The van der Waals surface area contributed by atoms with E-state index < -0.39 is 11.4 Å². The molecule has 0 spiro atoms. The van der Waals surface area contributed by atoms with Gasteiger partial charge in [0.1, 0.15) is 11.1 Å². The molecular formula is C27H38N2O6. The molecular weight excluding hydrogens is 448 g/mol. The van der Waals surface area contributed by atoms with Crippen LogP contribution in [0, 0.1) is 17.3 Å². The molecule has 2 aliphatic heterocycles. The van der Waals surface area contributed by atoms with Crippen LogP contribution in [0.5, 0.6) is 11.6 Å². The molecule has 0 bridgehead atoms. The lowest BCUT2D eigenvalue weighted by molar-refractivity contribution is -0.160. The first-order chi connectivity index (χ1) is 17.0. The summed E-state index contributed by atoms with van der Waals surface area (Å²) in [6.45, 7) is 6.15. The molecule has 1 aliphatic carbocycles. The van der Waals surface area contributed by atoms with Gasteiger partial charge in [0.25, 0.3) is 5.88 Å². The molecule has 8 nitrogen and oxygen atoms in total. The minimum atomic E-state index is -0.699. The van der Waals surface area contributed by atoms with Gasteiger partial charge in [-0.05, 0) is 87.7 Å². The Labute approximate surface area is 206 Å². The Hall–Kier alpha value is -2.32. The highest BCUT2D eigenvalue weighted by atomic mass is 16.5. The van der Waals surface area contributed by atoms with Crippen molar-refractivity contribution in [1.29, 1.82) is 0 Å². The highest BCUT2D eigenvalue weighted by Gasteiger charge is 2.44. The van der Waals surface area contributed by atoms with Crippen molar-refractivity contribution in [3.8, 4) is 11.6 Å². The van der Waals surface area contributed by atoms with Gasteiger partial charge in [-0.3, -0.25) is 4.79 Å². The standard InChI is InChI=1S/C27H38N2O6/c1-19-15-27(26(30)31,11-14-32-19)18-29-12-9-21(10-13-29)17-34-25-24-22(7-4-8-23(24)35-28-25)33-16-20-5-2-3-6-20/h4,7-8,19-21H,2-3,5-6,9-18H2,1H3,(H,30,31). The van der Waals surface area contributed by atoms with E-state index in [1.54, 1.807) is 0 Å². The summed E-state index contributed by atoms with van der Waals surface area (Å²) in [5.41, 5.74) is -0.0152. The number of hydrogen-bond acceptors (Lipinski definition) is 7. The van der Waals surface area contributed by atoms with Crippen LogP contribution in [0.1, 0.15) is 58.3 Å². The molecule has 3 fully saturated rings. The van der Waals surface area contributed by atoms with Gasteiger partial charge in [-0.15, -0.1) is 0 Å². The van der Waals surface area contributed by atoms with Crippen LogP contribution in [0.25, 0.3) is 11.0 Å². The van der Waals surface area contributed by atoms with Crippen molar-refractivity contribution in [3.05, 3.63) is 18.2 Å². The zero-order chi connectivity index (χ0) is 24.3. The molecule has 2 atom stereocenters. The van der Waals surface area contributed by atoms with Crippen LogP contribution < -0.4 is 9.47 Å². The van der Waals surface area contributed by atoms with Crippen molar-refractivity contribution in [2.75, 3.05) is 39.5 Å². The molecule has 2 saturated heterocycles. The molecule has 35 heavy (non-hydrogen) atoms. The molecule has 1 N–H and O–H groups in total. The fourth-order valence-corrected chi connectivity index (χ4v) is 6.05. The minimum absolute atomic E-state index is 0.00453. The summed E-state index contributed by atoms with van der Waals surface area (Å²) < 4.78 is 23.5. The lowest BCUT2D eigenvalue weighted by Crippen LogP contribution is -2.50. The van der Waals surface area contributed by atoms with Gasteiger partial charge in [-0.2, -0.15) is 0 Å². The van der Waals surface area contributed by atoms with E-state index in [0.29, 0.717) is 55.9 Å². The van der Waals surface area contributed by atoms with Crippen LogP contribution in [0.4, 0.5) is 0 Å². The smallest absolute Gasteiger partial charge is 0.311 e. The maximum Gasteiger partial charge on any atom is 0.311 e. The van der Waals surface area contributed by atoms with Gasteiger partial charge < -0.3 is 28.7 Å². The molecule has 1 saturated carbocycles. The lowest BCUT2D eigenvalue weighted by Gasteiger charge is -2.42. The monoisotopic (exact) mass is 486 g/mol. The van der Waals surface area contributed by atoms with Gasteiger partial charge in [-0.1, -0.05) is 18.9 Å². The number of carbonyl (C=O) groups is 1. The molecule has 2 aromatic rings. The summed E-state index contributed by atoms with van der Waals surface area (Å²) in [5.74, 6) is 1.63. The Kier molecular flexibility index (Phi) is 7.48. The zero-order valence-corrected chi connectivity index (χ0v) is 20.7. The van der Waals surface area contributed by atoms with Gasteiger partial charge in [0, 0.05) is 13.2 Å². The van der Waals surface area contributed by atoms with E-state index in [9.17, 15) is 9.90 Å². The summed E-state index contributed by atoms with van der Waals surface area (Å²) in [6.07, 6.45) is 8.17. The second-order valence-corrected chi connectivity index (χ2v) is 10.8. The van der Waals surface area contributed by atoms with Gasteiger partial charge in [0.2, 0.25) is 0 Å². The highest BCUT2D eigenvalue weighted by Crippen LogP contribution is 2.37. The van der Waals surface area contributed by atoms with E-state index in [1.807, 2.05) is 25.1 Å². The van der Waals surface area contributed by atoms with Crippen molar-refractivity contribution in [2.24, 2.45) is 17.3 Å². The van der Waals surface area contributed by atoms with E-state index in [2.05, 4.69) is 10.1 Å². The van der Waals surface area contributed by atoms with Crippen LogP contribution >= 0.6 is 0 Å². The zero-order valence-electron chi connectivity index (χ0n) is 20.7. The van der Waals surface area contributed by atoms with E-state index in [1.165, 1.54) is 25.7 Å². The van der Waals surface area contributed by atoms with Crippen molar-refractivity contribution in [3.63, 3.8) is 0 Å². The lowest BCUT2D eigenvalue weighted by atomic mass is 9.77. The number of carboxylic acids is 1. The Balaban J connectivity index is 1.15. The molecule has 0 amide bonds. The average Bonchev–Trinajstić information content (AvgIpc) is 3.52. The van der Waals surface area contributed by atoms with Crippen LogP contribution in [-0.4, -0.2) is 66.7 Å². The first-order valence-electron chi connectivity index (χ1n) is 13.2. The number of carboxylic acid groups (broad SMARTS) is 1. The predicted octanol–water partition coefficient (Wildman–Crippen LogP) is 4.76. The molecule has 3 heterocycles. The second kappa shape index (κ2) is 10.7. The second-order valence-electron chi connectivity index (χ2n) is 10.8. The maximum atomic E-state index is 12.1. The fourth-order valence-electron chi connectivity index (χ4n) is 6.05. The molecule has 8 heteroatoms. The quantitative estimate of drug-likeness (QED) is 0.542. The number of hydrogen-bond donors (Lipinski definition) is 1. The number of aromatic nitrogens is 1. The molecule has 5 rings (SSSR count). The van der Waals surface area contributed by atoms with E-state index in [4.69, 9.17) is 18.7 Å². The van der Waals surface area contributed by atoms with Gasteiger partial charge in [0.05, 0.1) is 24.7 Å². The number of ether oxygens (including phenoxy) is 3. The number of rotatable bonds is 9. The van der Waals surface area contributed by atoms with Gasteiger partial charge in [0.15, 0.2) is 5.58 Å². The Morgan fingerprint density at radius 3 is 2.63 bits per heavy atom. The summed E-state index contributed by atoms with van der Waals surface area (Å²) in [6, 6.07) is 5.79. The van der Waals surface area contributed by atoms with E-state index in [-0.39, 0.29) is 6.10 Å². The maximum absolute atomic E-state index is 12.1. The number of likely N-dealkylation sites (tertiary alicyclic amines) is 1. The Morgan fingerprint density at radius 2 is 1.89 bits per heavy atom. The van der Waals surface area contributed by atoms with Gasteiger partial charge >= 0.3 is 5.97 Å². The summed E-state index contributed by atoms with van der Waals surface area (Å²) in [5, 5.41) is 15.0. The molecule has 2 unspecified atom stereocenters. The minimum Gasteiger partial charge on any atom is -0.492 e. The largest absolute Gasteiger partial charge is 0.492 e. The predicted molar refractivity (Wildman–Crippen MR) is 131 cm³/mol. The number of piperidine rings is 1. The SMILES string of the molecule is CC1CC(CN2CCC(COc3noc4cccc(OCC5CCCC5)c34)CC2)(C(=O)O)CCO1. The first kappa shape index (κ1) is 24.4. The van der Waals surface area contributed by atoms with Crippen molar-refractivity contribution in [2.45, 2.75) is 64.4 Å². The number of aliphatic carboxylic acids is 1. The van der Waals surface area contributed by atoms with E-state index >= 15 is 0 Å². The van der Waals surface area contributed by atoms with Crippen molar-refractivity contribution < 1.29 is 28.6 Å². The summed E-state index contributed by atoms with van der Waals surface area (Å²) in [7, 11) is 0. The van der Waals surface area contributed by atoms with Crippen molar-refractivity contribution in [1.82, 2.24) is 10.1 Å². The van der Waals surface area contributed by atoms with Crippen molar-refractivity contribution >= 4 is 16.9 Å². The third-order valence-corrected chi connectivity index (χ3v) is 8.18. The third kappa shape index (κ3) is 5.59. The summed E-state index contributed by atoms with van der Waals surface area (Å²) in [4.78, 5) is 14.4.